The number of hydrogen-bond acceptors (Lipinski definition) is 3. The minimum atomic E-state index is -3.42. The van der Waals surface area contributed by atoms with Crippen LogP contribution in [0.2, 0.25) is 0 Å². The maximum atomic E-state index is 12.5. The van der Waals surface area contributed by atoms with Crippen molar-refractivity contribution in [1.82, 2.24) is 5.32 Å². The fraction of sp³-hybridized carbons (Fsp3) is 0.480. The quantitative estimate of drug-likeness (QED) is 0.649. The molecule has 0 fully saturated rings. The minimum Gasteiger partial charge on any atom is -0.350 e. The Labute approximate surface area is 186 Å². The molecule has 0 bridgehead atoms. The van der Waals surface area contributed by atoms with E-state index >= 15 is 0 Å². The van der Waals surface area contributed by atoms with Crippen molar-refractivity contribution in [3.63, 3.8) is 0 Å². The molecule has 1 atom stereocenters. The SMILES string of the molecule is Cc1cc(C)cc(N(CCCC(=O)N[C@@H](C)c2ccc3c(c2)CCCC3)S(C)(=O)=O)c1. The zero-order chi connectivity index (χ0) is 22.6. The first-order valence-electron chi connectivity index (χ1n) is 11.1. The van der Waals surface area contributed by atoms with Gasteiger partial charge in [0.25, 0.3) is 0 Å². The summed E-state index contributed by atoms with van der Waals surface area (Å²) >= 11 is 0. The first-order valence-corrected chi connectivity index (χ1v) is 13.0. The highest BCUT2D eigenvalue weighted by Gasteiger charge is 2.19. The molecule has 0 heterocycles. The lowest BCUT2D eigenvalue weighted by molar-refractivity contribution is -0.121. The van der Waals surface area contributed by atoms with Crippen LogP contribution in [0.15, 0.2) is 36.4 Å². The third-order valence-corrected chi connectivity index (χ3v) is 7.10. The molecular weight excluding hydrogens is 408 g/mol. The van der Waals surface area contributed by atoms with E-state index in [4.69, 9.17) is 0 Å². The van der Waals surface area contributed by atoms with Gasteiger partial charge in [-0.2, -0.15) is 0 Å². The van der Waals surface area contributed by atoms with E-state index in [9.17, 15) is 13.2 Å². The number of amides is 1. The number of hydrogen-bond donors (Lipinski definition) is 1. The third kappa shape index (κ3) is 6.33. The highest BCUT2D eigenvalue weighted by molar-refractivity contribution is 7.92. The van der Waals surface area contributed by atoms with Gasteiger partial charge in [0.15, 0.2) is 0 Å². The van der Waals surface area contributed by atoms with Gasteiger partial charge in [-0.3, -0.25) is 9.10 Å². The molecule has 0 aromatic heterocycles. The van der Waals surface area contributed by atoms with E-state index in [1.807, 2.05) is 39.0 Å². The van der Waals surface area contributed by atoms with E-state index in [0.717, 1.165) is 29.5 Å². The van der Waals surface area contributed by atoms with Crippen molar-refractivity contribution in [2.24, 2.45) is 0 Å². The summed E-state index contributed by atoms with van der Waals surface area (Å²) in [4.78, 5) is 12.5. The number of aryl methyl sites for hydroxylation is 4. The lowest BCUT2D eigenvalue weighted by atomic mass is 9.89. The van der Waals surface area contributed by atoms with Crippen molar-refractivity contribution >= 4 is 21.6 Å². The second kappa shape index (κ2) is 9.86. The topological polar surface area (TPSA) is 66.5 Å². The molecule has 0 saturated carbocycles. The molecule has 1 aliphatic rings. The fourth-order valence-corrected chi connectivity index (χ4v) is 5.33. The molecular formula is C25H34N2O3S. The number of benzene rings is 2. The summed E-state index contributed by atoms with van der Waals surface area (Å²) in [5, 5.41) is 3.07. The highest BCUT2D eigenvalue weighted by Crippen LogP contribution is 2.25. The summed E-state index contributed by atoms with van der Waals surface area (Å²) in [5.41, 5.74) is 6.65. The Morgan fingerprint density at radius 2 is 1.68 bits per heavy atom. The van der Waals surface area contributed by atoms with Gasteiger partial charge in [-0.25, -0.2) is 8.42 Å². The molecule has 1 N–H and O–H groups in total. The van der Waals surface area contributed by atoms with Crippen LogP contribution in [-0.2, 0) is 27.7 Å². The first kappa shape index (κ1) is 23.3. The summed E-state index contributed by atoms with van der Waals surface area (Å²) in [7, 11) is -3.42. The van der Waals surface area contributed by atoms with Crippen LogP contribution in [0.3, 0.4) is 0 Å². The van der Waals surface area contributed by atoms with Crippen molar-refractivity contribution < 1.29 is 13.2 Å². The van der Waals surface area contributed by atoms with E-state index in [1.165, 1.54) is 34.5 Å². The van der Waals surface area contributed by atoms with Crippen molar-refractivity contribution in [2.75, 3.05) is 17.1 Å². The minimum absolute atomic E-state index is 0.0564. The first-order chi connectivity index (χ1) is 14.6. The summed E-state index contributed by atoms with van der Waals surface area (Å²) < 4.78 is 26.1. The van der Waals surface area contributed by atoms with Crippen LogP contribution in [0, 0.1) is 13.8 Å². The monoisotopic (exact) mass is 442 g/mol. The van der Waals surface area contributed by atoms with Crippen molar-refractivity contribution in [2.45, 2.75) is 65.3 Å². The largest absolute Gasteiger partial charge is 0.350 e. The fourth-order valence-electron chi connectivity index (χ4n) is 4.38. The van der Waals surface area contributed by atoms with E-state index in [2.05, 4.69) is 23.5 Å². The maximum absolute atomic E-state index is 12.5. The molecule has 1 amide bonds. The van der Waals surface area contributed by atoms with Gasteiger partial charge in [-0.05, 0) is 92.8 Å². The maximum Gasteiger partial charge on any atom is 0.232 e. The van der Waals surface area contributed by atoms with Gasteiger partial charge in [0.05, 0.1) is 18.0 Å². The zero-order valence-corrected chi connectivity index (χ0v) is 19.9. The summed E-state index contributed by atoms with van der Waals surface area (Å²) in [5.74, 6) is -0.0564. The number of carbonyl (C=O) groups excluding carboxylic acids is 1. The Hall–Kier alpha value is -2.34. The number of rotatable bonds is 8. The molecule has 5 nitrogen and oxygen atoms in total. The van der Waals surface area contributed by atoms with Gasteiger partial charge < -0.3 is 5.32 Å². The molecule has 0 spiro atoms. The van der Waals surface area contributed by atoms with Crippen LogP contribution < -0.4 is 9.62 Å². The van der Waals surface area contributed by atoms with Crippen molar-refractivity contribution in [3.8, 4) is 0 Å². The van der Waals surface area contributed by atoms with E-state index in [0.29, 0.717) is 12.1 Å². The predicted octanol–water partition coefficient (Wildman–Crippen LogP) is 4.61. The molecule has 1 aliphatic carbocycles. The van der Waals surface area contributed by atoms with E-state index < -0.39 is 10.0 Å². The van der Waals surface area contributed by atoms with Crippen molar-refractivity contribution in [1.29, 1.82) is 0 Å². The van der Waals surface area contributed by atoms with Crippen LogP contribution >= 0.6 is 0 Å². The molecule has 0 aliphatic heterocycles. The Morgan fingerprint density at radius 3 is 2.32 bits per heavy atom. The molecule has 31 heavy (non-hydrogen) atoms. The van der Waals surface area contributed by atoms with E-state index in [-0.39, 0.29) is 24.9 Å². The Balaban J connectivity index is 1.58. The highest BCUT2D eigenvalue weighted by atomic mass is 32.2. The smallest absolute Gasteiger partial charge is 0.232 e. The predicted molar refractivity (Wildman–Crippen MR) is 127 cm³/mol. The normalized spacial score (nSPS) is 14.6. The Kier molecular flexibility index (Phi) is 7.42. The van der Waals surface area contributed by atoms with Gasteiger partial charge in [-0.15, -0.1) is 0 Å². The summed E-state index contributed by atoms with van der Waals surface area (Å²) in [6, 6.07) is 12.2. The lowest BCUT2D eigenvalue weighted by Crippen LogP contribution is -2.32. The third-order valence-electron chi connectivity index (χ3n) is 5.91. The molecule has 0 unspecified atom stereocenters. The average molecular weight is 443 g/mol. The Morgan fingerprint density at radius 1 is 1.03 bits per heavy atom. The number of sulfonamides is 1. The van der Waals surface area contributed by atoms with Crippen LogP contribution in [0.25, 0.3) is 0 Å². The summed E-state index contributed by atoms with van der Waals surface area (Å²) in [6.45, 7) is 6.18. The number of carbonyl (C=O) groups is 1. The van der Waals surface area contributed by atoms with E-state index in [1.54, 1.807) is 0 Å². The van der Waals surface area contributed by atoms with Crippen LogP contribution in [0.5, 0.6) is 0 Å². The van der Waals surface area contributed by atoms with Gasteiger partial charge in [0.1, 0.15) is 0 Å². The summed E-state index contributed by atoms with van der Waals surface area (Å²) in [6.07, 6.45) is 6.70. The molecule has 6 heteroatoms. The van der Waals surface area contributed by atoms with Gasteiger partial charge in [0.2, 0.25) is 15.9 Å². The van der Waals surface area contributed by atoms with Gasteiger partial charge >= 0.3 is 0 Å². The molecule has 2 aromatic rings. The molecule has 3 rings (SSSR count). The average Bonchev–Trinajstić information content (AvgIpc) is 2.69. The number of anilines is 1. The molecule has 168 valence electrons. The standard InChI is InChI=1S/C25H34N2O3S/c1-18-14-19(2)16-24(15-18)27(31(4,29)30)13-7-10-25(28)26-20(3)22-12-11-21-8-5-6-9-23(21)17-22/h11-12,14-17,20H,5-10,13H2,1-4H3,(H,26,28)/t20-/m0/s1. The number of nitrogens with one attached hydrogen (secondary N) is 1. The van der Waals surface area contributed by atoms with Crippen LogP contribution in [0.4, 0.5) is 5.69 Å². The zero-order valence-electron chi connectivity index (χ0n) is 19.1. The molecule has 0 saturated heterocycles. The second-order valence-electron chi connectivity index (χ2n) is 8.81. The van der Waals surface area contributed by atoms with Gasteiger partial charge in [0, 0.05) is 13.0 Å². The molecule has 2 aromatic carbocycles. The number of nitrogens with zero attached hydrogens (tertiary/aromatic N) is 1. The molecule has 0 radical (unpaired) electrons. The second-order valence-corrected chi connectivity index (χ2v) is 10.7. The van der Waals surface area contributed by atoms with Crippen LogP contribution in [-0.4, -0.2) is 27.1 Å². The van der Waals surface area contributed by atoms with Crippen molar-refractivity contribution in [3.05, 3.63) is 64.2 Å². The lowest BCUT2D eigenvalue weighted by Gasteiger charge is -2.23. The Bertz CT molecular complexity index is 1030. The van der Waals surface area contributed by atoms with Gasteiger partial charge in [-0.1, -0.05) is 24.3 Å². The number of fused-ring (bicyclic) bond motifs is 1. The van der Waals surface area contributed by atoms with Crippen LogP contribution in [0.1, 0.15) is 66.5 Å².